The lowest BCUT2D eigenvalue weighted by Gasteiger charge is -2.46. The van der Waals surface area contributed by atoms with E-state index in [0.29, 0.717) is 26.2 Å². The molecule has 6 heteroatoms. The van der Waals surface area contributed by atoms with Crippen LogP contribution in [0.2, 0.25) is 0 Å². The van der Waals surface area contributed by atoms with Crippen molar-refractivity contribution in [3.63, 3.8) is 0 Å². The van der Waals surface area contributed by atoms with E-state index in [1.165, 1.54) is 5.56 Å². The zero-order chi connectivity index (χ0) is 18.0. The minimum atomic E-state index is -0.406. The van der Waals surface area contributed by atoms with Gasteiger partial charge in [0.05, 0.1) is 25.4 Å². The van der Waals surface area contributed by atoms with Gasteiger partial charge >= 0.3 is 6.03 Å². The van der Waals surface area contributed by atoms with Gasteiger partial charge in [-0.3, -0.25) is 0 Å². The Morgan fingerprint density at radius 3 is 2.85 bits per heavy atom. The summed E-state index contributed by atoms with van der Waals surface area (Å²) < 4.78 is 6.01. The number of benzene rings is 1. The lowest BCUT2D eigenvalue weighted by Crippen LogP contribution is -2.63. The third-order valence-electron chi connectivity index (χ3n) is 5.08. The van der Waals surface area contributed by atoms with Crippen molar-refractivity contribution < 1.29 is 9.53 Å². The van der Waals surface area contributed by atoms with Crippen molar-refractivity contribution in [1.29, 1.82) is 0 Å². The molecule has 6 nitrogen and oxygen atoms in total. The van der Waals surface area contributed by atoms with Crippen LogP contribution in [0.5, 0.6) is 0 Å². The van der Waals surface area contributed by atoms with Crippen LogP contribution < -0.4 is 5.32 Å². The van der Waals surface area contributed by atoms with Crippen LogP contribution in [0.25, 0.3) is 0 Å². The molecule has 0 atom stereocenters. The first-order chi connectivity index (χ1) is 12.7. The fourth-order valence-electron chi connectivity index (χ4n) is 3.62. The lowest BCUT2D eigenvalue weighted by molar-refractivity contribution is -0.124. The fraction of sp³-hybridized carbons (Fsp3) is 0.450. The normalized spacial score (nSPS) is 17.0. The van der Waals surface area contributed by atoms with Crippen LogP contribution in [0.4, 0.5) is 4.79 Å². The van der Waals surface area contributed by atoms with Crippen LogP contribution in [-0.2, 0) is 29.8 Å². The molecule has 0 saturated carbocycles. The van der Waals surface area contributed by atoms with E-state index in [2.05, 4.69) is 34.3 Å². The number of hydrogen-bond acceptors (Lipinski definition) is 4. The monoisotopic (exact) mass is 352 g/mol. The maximum absolute atomic E-state index is 12.3. The standard InChI is InChI=1S/C20H24N4O2/c1-2-6-18-22-11-16-17(23-18)12-26-20(16)13-24(14-20)19(25)21-10-9-15-7-4-3-5-8-15/h3-5,7-8,11H,2,6,9-10,12-14H2,1H3,(H,21,25). The van der Waals surface area contributed by atoms with E-state index in [0.717, 1.165) is 36.3 Å². The summed E-state index contributed by atoms with van der Waals surface area (Å²) in [5, 5.41) is 2.99. The fourth-order valence-corrected chi connectivity index (χ4v) is 3.62. The summed E-state index contributed by atoms with van der Waals surface area (Å²) in [6, 6.07) is 10.1. The number of carbonyl (C=O) groups is 1. The number of likely N-dealkylation sites (tertiary alicyclic amines) is 1. The summed E-state index contributed by atoms with van der Waals surface area (Å²) in [5.41, 5.74) is 2.84. The molecule has 0 radical (unpaired) electrons. The molecule has 2 aromatic rings. The number of nitrogens with zero attached hydrogens (tertiary/aromatic N) is 3. The zero-order valence-electron chi connectivity index (χ0n) is 15.1. The predicted octanol–water partition coefficient (Wildman–Crippen LogP) is 2.42. The van der Waals surface area contributed by atoms with E-state index in [-0.39, 0.29) is 6.03 Å². The van der Waals surface area contributed by atoms with Crippen molar-refractivity contribution in [3.8, 4) is 0 Å². The minimum Gasteiger partial charge on any atom is -0.360 e. The highest BCUT2D eigenvalue weighted by molar-refractivity contribution is 5.75. The number of fused-ring (bicyclic) bond motifs is 2. The number of nitrogens with one attached hydrogen (secondary N) is 1. The zero-order valence-corrected chi connectivity index (χ0v) is 15.1. The Hall–Kier alpha value is -2.47. The highest BCUT2D eigenvalue weighted by atomic mass is 16.5. The number of aryl methyl sites for hydroxylation is 1. The average Bonchev–Trinajstić information content (AvgIpc) is 3.00. The first kappa shape index (κ1) is 17.0. The first-order valence-corrected chi connectivity index (χ1v) is 9.26. The van der Waals surface area contributed by atoms with Crippen LogP contribution in [0.3, 0.4) is 0 Å². The van der Waals surface area contributed by atoms with E-state index in [1.807, 2.05) is 24.4 Å². The number of hydrogen-bond donors (Lipinski definition) is 1. The van der Waals surface area contributed by atoms with Crippen molar-refractivity contribution in [2.24, 2.45) is 0 Å². The van der Waals surface area contributed by atoms with Gasteiger partial charge in [-0.15, -0.1) is 0 Å². The van der Waals surface area contributed by atoms with Crippen molar-refractivity contribution in [2.45, 2.75) is 38.4 Å². The SMILES string of the molecule is CCCc1ncc2c(n1)COC21CN(C(=O)NCCc2ccccc2)C1. The molecule has 1 saturated heterocycles. The summed E-state index contributed by atoms with van der Waals surface area (Å²) in [6.07, 6.45) is 4.64. The van der Waals surface area contributed by atoms with Gasteiger partial charge in [0, 0.05) is 24.7 Å². The smallest absolute Gasteiger partial charge is 0.317 e. The van der Waals surface area contributed by atoms with Crippen molar-refractivity contribution in [2.75, 3.05) is 19.6 Å². The number of urea groups is 1. The Morgan fingerprint density at radius 1 is 1.27 bits per heavy atom. The van der Waals surface area contributed by atoms with Gasteiger partial charge in [-0.05, 0) is 18.4 Å². The Labute approximate surface area is 153 Å². The topological polar surface area (TPSA) is 67.4 Å². The number of aromatic nitrogens is 2. The van der Waals surface area contributed by atoms with Gasteiger partial charge in [0.25, 0.3) is 0 Å². The summed E-state index contributed by atoms with van der Waals surface area (Å²) >= 11 is 0. The maximum atomic E-state index is 12.3. The summed E-state index contributed by atoms with van der Waals surface area (Å²) in [4.78, 5) is 23.2. The Kier molecular flexibility index (Phi) is 4.59. The van der Waals surface area contributed by atoms with Gasteiger partial charge in [0.15, 0.2) is 0 Å². The molecule has 136 valence electrons. The molecule has 1 fully saturated rings. The van der Waals surface area contributed by atoms with Gasteiger partial charge in [-0.25, -0.2) is 14.8 Å². The second kappa shape index (κ2) is 7.03. The quantitative estimate of drug-likeness (QED) is 0.897. The van der Waals surface area contributed by atoms with Gasteiger partial charge in [-0.1, -0.05) is 37.3 Å². The molecule has 2 aliphatic rings. The van der Waals surface area contributed by atoms with Gasteiger partial charge in [0.2, 0.25) is 0 Å². The minimum absolute atomic E-state index is 0.0351. The molecule has 0 unspecified atom stereocenters. The predicted molar refractivity (Wildman–Crippen MR) is 97.6 cm³/mol. The molecule has 1 aromatic heterocycles. The van der Waals surface area contributed by atoms with Gasteiger partial charge in [0.1, 0.15) is 11.4 Å². The van der Waals surface area contributed by atoms with Crippen LogP contribution in [0, 0.1) is 0 Å². The Bertz CT molecular complexity index is 788. The van der Waals surface area contributed by atoms with E-state index in [9.17, 15) is 4.79 Å². The number of carbonyl (C=O) groups excluding carboxylic acids is 1. The molecule has 1 aromatic carbocycles. The summed E-state index contributed by atoms with van der Waals surface area (Å²) in [6.45, 7) is 4.39. The highest BCUT2D eigenvalue weighted by Gasteiger charge is 2.52. The molecule has 0 bridgehead atoms. The van der Waals surface area contributed by atoms with Gasteiger partial charge in [-0.2, -0.15) is 0 Å². The number of amides is 2. The maximum Gasteiger partial charge on any atom is 0.317 e. The summed E-state index contributed by atoms with van der Waals surface area (Å²) in [5.74, 6) is 0.877. The molecular weight excluding hydrogens is 328 g/mol. The van der Waals surface area contributed by atoms with Crippen LogP contribution in [0.15, 0.2) is 36.5 Å². The van der Waals surface area contributed by atoms with Gasteiger partial charge < -0.3 is 15.0 Å². The number of ether oxygens (including phenoxy) is 1. The molecule has 1 spiro atoms. The summed E-state index contributed by atoms with van der Waals surface area (Å²) in [7, 11) is 0. The third-order valence-corrected chi connectivity index (χ3v) is 5.08. The molecular formula is C20H24N4O2. The molecule has 4 rings (SSSR count). The molecule has 1 N–H and O–H groups in total. The lowest BCUT2D eigenvalue weighted by atomic mass is 9.88. The van der Waals surface area contributed by atoms with Crippen LogP contribution >= 0.6 is 0 Å². The number of rotatable bonds is 5. The molecule has 0 aliphatic carbocycles. The molecule has 3 heterocycles. The van der Waals surface area contributed by atoms with Crippen molar-refractivity contribution in [1.82, 2.24) is 20.2 Å². The Morgan fingerprint density at radius 2 is 2.08 bits per heavy atom. The van der Waals surface area contributed by atoms with E-state index in [4.69, 9.17) is 4.74 Å². The van der Waals surface area contributed by atoms with E-state index < -0.39 is 5.60 Å². The van der Waals surface area contributed by atoms with Crippen molar-refractivity contribution in [3.05, 3.63) is 59.2 Å². The Balaban J connectivity index is 1.31. The first-order valence-electron chi connectivity index (χ1n) is 9.26. The van der Waals surface area contributed by atoms with Crippen LogP contribution in [0.1, 0.15) is 36.0 Å². The largest absolute Gasteiger partial charge is 0.360 e. The molecule has 26 heavy (non-hydrogen) atoms. The van der Waals surface area contributed by atoms with E-state index >= 15 is 0 Å². The van der Waals surface area contributed by atoms with E-state index in [1.54, 1.807) is 4.90 Å². The van der Waals surface area contributed by atoms with Crippen molar-refractivity contribution >= 4 is 6.03 Å². The average molecular weight is 352 g/mol. The van der Waals surface area contributed by atoms with Crippen LogP contribution in [-0.4, -0.2) is 40.5 Å². The molecule has 2 aliphatic heterocycles. The molecule has 2 amide bonds. The second-order valence-electron chi connectivity index (χ2n) is 7.00. The highest BCUT2D eigenvalue weighted by Crippen LogP contribution is 2.42. The third kappa shape index (κ3) is 3.17. The second-order valence-corrected chi connectivity index (χ2v) is 7.00.